The number of fused-ring (bicyclic) bond motifs is 3. The summed E-state index contributed by atoms with van der Waals surface area (Å²) >= 11 is 0. The SMILES string of the molecule is CN(C)CCNC(=O)C1=CC2=C3C=CC=CC3NC2=C2C=C(N)C=CC12. The number of amides is 1. The average molecular weight is 348 g/mol. The zero-order chi connectivity index (χ0) is 18.3. The van der Waals surface area contributed by atoms with Gasteiger partial charge in [0.25, 0.3) is 0 Å². The lowest BCUT2D eigenvalue weighted by Crippen LogP contribution is -2.35. The van der Waals surface area contributed by atoms with Crippen LogP contribution in [0.25, 0.3) is 0 Å². The summed E-state index contributed by atoms with van der Waals surface area (Å²) in [4.78, 5) is 14.9. The van der Waals surface area contributed by atoms with Gasteiger partial charge in [-0.1, -0.05) is 30.4 Å². The molecule has 2 unspecified atom stereocenters. The Kier molecular flexibility index (Phi) is 4.17. The van der Waals surface area contributed by atoms with E-state index in [0.717, 1.165) is 29.0 Å². The second-order valence-corrected chi connectivity index (χ2v) is 7.21. The topological polar surface area (TPSA) is 70.4 Å². The van der Waals surface area contributed by atoms with E-state index in [1.165, 1.54) is 5.57 Å². The average Bonchev–Trinajstić information content (AvgIpc) is 2.99. The van der Waals surface area contributed by atoms with Gasteiger partial charge in [0.15, 0.2) is 0 Å². The highest BCUT2D eigenvalue weighted by atomic mass is 16.1. The van der Waals surface area contributed by atoms with E-state index in [4.69, 9.17) is 5.73 Å². The van der Waals surface area contributed by atoms with Gasteiger partial charge in [-0.15, -0.1) is 0 Å². The maximum absolute atomic E-state index is 12.9. The largest absolute Gasteiger partial charge is 0.399 e. The van der Waals surface area contributed by atoms with E-state index in [1.807, 2.05) is 50.6 Å². The molecule has 0 radical (unpaired) electrons. The molecule has 1 aliphatic heterocycles. The first-order chi connectivity index (χ1) is 12.5. The minimum absolute atomic E-state index is 0.0150. The van der Waals surface area contributed by atoms with Gasteiger partial charge < -0.3 is 21.3 Å². The maximum Gasteiger partial charge on any atom is 0.248 e. The van der Waals surface area contributed by atoms with Gasteiger partial charge >= 0.3 is 0 Å². The van der Waals surface area contributed by atoms with Crippen molar-refractivity contribution in [2.24, 2.45) is 11.7 Å². The Morgan fingerprint density at radius 1 is 1.19 bits per heavy atom. The summed E-state index contributed by atoms with van der Waals surface area (Å²) in [5.41, 5.74) is 12.0. The number of allylic oxidation sites excluding steroid dienone is 7. The summed E-state index contributed by atoms with van der Waals surface area (Å²) in [6.45, 7) is 1.43. The lowest BCUT2D eigenvalue weighted by molar-refractivity contribution is -0.117. The smallest absolute Gasteiger partial charge is 0.248 e. The van der Waals surface area contributed by atoms with Crippen LogP contribution in [-0.4, -0.2) is 44.0 Å². The number of nitrogens with zero attached hydrogens (tertiary/aromatic N) is 1. The Morgan fingerprint density at radius 3 is 2.85 bits per heavy atom. The predicted octanol–water partition coefficient (Wildman–Crippen LogP) is 1.28. The molecule has 134 valence electrons. The van der Waals surface area contributed by atoms with E-state index < -0.39 is 0 Å². The summed E-state index contributed by atoms with van der Waals surface area (Å²) in [7, 11) is 3.99. The van der Waals surface area contributed by atoms with E-state index >= 15 is 0 Å². The van der Waals surface area contributed by atoms with Gasteiger partial charge in [-0.2, -0.15) is 0 Å². The zero-order valence-electron chi connectivity index (χ0n) is 15.1. The molecule has 0 aromatic heterocycles. The highest BCUT2D eigenvalue weighted by Gasteiger charge is 2.36. The van der Waals surface area contributed by atoms with Crippen LogP contribution in [-0.2, 0) is 4.79 Å². The van der Waals surface area contributed by atoms with E-state index in [2.05, 4.69) is 27.7 Å². The summed E-state index contributed by atoms with van der Waals surface area (Å²) < 4.78 is 0. The van der Waals surface area contributed by atoms with Crippen LogP contribution in [0.4, 0.5) is 0 Å². The molecule has 0 fully saturated rings. The molecule has 1 heterocycles. The predicted molar refractivity (Wildman–Crippen MR) is 104 cm³/mol. The van der Waals surface area contributed by atoms with Gasteiger partial charge in [-0.3, -0.25) is 4.79 Å². The Hall–Kier alpha value is -2.79. The zero-order valence-corrected chi connectivity index (χ0v) is 15.1. The third-order valence-electron chi connectivity index (χ3n) is 5.07. The van der Waals surface area contributed by atoms with Crippen LogP contribution in [0.2, 0.25) is 0 Å². The normalized spacial score (nSPS) is 25.5. The Labute approximate surface area is 154 Å². The summed E-state index contributed by atoms with van der Waals surface area (Å²) in [6.07, 6.45) is 16.3. The van der Waals surface area contributed by atoms with Crippen molar-refractivity contribution in [1.82, 2.24) is 15.5 Å². The standard InChI is InChI=1S/C21H24N4O/c1-25(2)10-9-23-21(26)18-12-17-15-5-3-4-6-19(15)24-20(17)16-11-13(22)7-8-14(16)18/h3-8,11-12,14,19,24H,9-10,22H2,1-2H3,(H,23,26). The molecule has 2 atom stereocenters. The molecule has 0 spiro atoms. The number of nitrogens with one attached hydrogen (secondary N) is 2. The third-order valence-corrected chi connectivity index (χ3v) is 5.07. The van der Waals surface area contributed by atoms with Crippen molar-refractivity contribution >= 4 is 5.91 Å². The van der Waals surface area contributed by atoms with Gasteiger partial charge in [0.2, 0.25) is 5.91 Å². The van der Waals surface area contributed by atoms with Gasteiger partial charge in [0.1, 0.15) is 0 Å². The van der Waals surface area contributed by atoms with Crippen molar-refractivity contribution in [1.29, 1.82) is 0 Å². The number of likely N-dealkylation sites (N-methyl/N-ethyl adjacent to an activating group) is 1. The maximum atomic E-state index is 12.9. The fraction of sp³-hybridized carbons (Fsp3) is 0.286. The number of nitrogens with two attached hydrogens (primary N) is 1. The van der Waals surface area contributed by atoms with Gasteiger partial charge in [-0.05, 0) is 43.5 Å². The third kappa shape index (κ3) is 2.84. The highest BCUT2D eigenvalue weighted by molar-refractivity contribution is 5.97. The van der Waals surface area contributed by atoms with Crippen molar-refractivity contribution in [3.63, 3.8) is 0 Å². The van der Waals surface area contributed by atoms with Crippen molar-refractivity contribution in [3.05, 3.63) is 82.3 Å². The minimum Gasteiger partial charge on any atom is -0.399 e. The van der Waals surface area contributed by atoms with Crippen LogP contribution < -0.4 is 16.4 Å². The van der Waals surface area contributed by atoms with Gasteiger partial charge in [0, 0.05) is 41.5 Å². The van der Waals surface area contributed by atoms with Crippen molar-refractivity contribution < 1.29 is 4.79 Å². The fourth-order valence-electron chi connectivity index (χ4n) is 3.77. The van der Waals surface area contributed by atoms with Gasteiger partial charge in [0.05, 0.1) is 6.04 Å². The number of carbonyl (C=O) groups excluding carboxylic acids is 1. The second kappa shape index (κ2) is 6.50. The monoisotopic (exact) mass is 348 g/mol. The van der Waals surface area contributed by atoms with Crippen LogP contribution in [0.5, 0.6) is 0 Å². The molecule has 5 nitrogen and oxygen atoms in total. The van der Waals surface area contributed by atoms with Crippen LogP contribution in [0.1, 0.15) is 0 Å². The molecule has 0 aromatic carbocycles. The molecule has 0 bridgehead atoms. The van der Waals surface area contributed by atoms with E-state index in [1.54, 1.807) is 0 Å². The Bertz CT molecular complexity index is 864. The number of hydrogen-bond donors (Lipinski definition) is 3. The molecular formula is C21H24N4O. The van der Waals surface area contributed by atoms with Crippen LogP contribution in [0, 0.1) is 5.92 Å². The molecule has 5 heteroatoms. The summed E-state index contributed by atoms with van der Waals surface area (Å²) in [5, 5.41) is 6.63. The summed E-state index contributed by atoms with van der Waals surface area (Å²) in [6, 6.07) is 0.158. The first-order valence-electron chi connectivity index (χ1n) is 8.94. The van der Waals surface area contributed by atoms with E-state index in [0.29, 0.717) is 12.2 Å². The molecule has 4 rings (SSSR count). The lowest BCUT2D eigenvalue weighted by atomic mass is 9.78. The molecule has 4 aliphatic rings. The van der Waals surface area contributed by atoms with Crippen molar-refractivity contribution in [2.45, 2.75) is 6.04 Å². The first kappa shape index (κ1) is 16.7. The molecule has 0 aromatic rings. The Morgan fingerprint density at radius 2 is 2.04 bits per heavy atom. The van der Waals surface area contributed by atoms with Crippen LogP contribution in [0.15, 0.2) is 82.3 Å². The fourth-order valence-corrected chi connectivity index (χ4v) is 3.77. The summed E-state index contributed by atoms with van der Waals surface area (Å²) in [5.74, 6) is -0.0829. The first-order valence-corrected chi connectivity index (χ1v) is 8.94. The molecular weight excluding hydrogens is 324 g/mol. The highest BCUT2D eigenvalue weighted by Crippen LogP contribution is 2.42. The number of hydrogen-bond acceptors (Lipinski definition) is 4. The quantitative estimate of drug-likeness (QED) is 0.716. The second-order valence-electron chi connectivity index (χ2n) is 7.21. The van der Waals surface area contributed by atoms with Gasteiger partial charge in [-0.25, -0.2) is 0 Å². The van der Waals surface area contributed by atoms with Crippen LogP contribution >= 0.6 is 0 Å². The van der Waals surface area contributed by atoms with Crippen molar-refractivity contribution in [2.75, 3.05) is 27.2 Å². The lowest BCUT2D eigenvalue weighted by Gasteiger charge is -2.28. The number of carbonyl (C=O) groups is 1. The van der Waals surface area contributed by atoms with Crippen LogP contribution in [0.3, 0.4) is 0 Å². The molecule has 1 amide bonds. The minimum atomic E-state index is -0.0679. The Balaban J connectivity index is 1.71. The van der Waals surface area contributed by atoms with Crippen molar-refractivity contribution in [3.8, 4) is 0 Å². The van der Waals surface area contributed by atoms with E-state index in [-0.39, 0.29) is 17.9 Å². The number of rotatable bonds is 4. The molecule has 3 aliphatic carbocycles. The molecule has 0 saturated heterocycles. The molecule has 4 N–H and O–H groups in total. The molecule has 0 saturated carbocycles. The molecule has 26 heavy (non-hydrogen) atoms. The van der Waals surface area contributed by atoms with E-state index in [9.17, 15) is 4.79 Å².